The minimum absolute atomic E-state index is 0.0245. The third-order valence-corrected chi connectivity index (χ3v) is 5.34. The van der Waals surface area contributed by atoms with E-state index < -0.39 is 0 Å². The Balaban J connectivity index is 1.71. The summed E-state index contributed by atoms with van der Waals surface area (Å²) < 4.78 is 16.9. The lowest BCUT2D eigenvalue weighted by Crippen LogP contribution is -2.40. The van der Waals surface area contributed by atoms with Crippen LogP contribution in [0.3, 0.4) is 0 Å². The molecule has 6 nitrogen and oxygen atoms in total. The zero-order valence-electron chi connectivity index (χ0n) is 18.8. The molecule has 0 radical (unpaired) electrons. The normalized spacial score (nSPS) is 15.5. The molecule has 1 aliphatic rings. The summed E-state index contributed by atoms with van der Waals surface area (Å²) in [7, 11) is 1.67. The van der Waals surface area contributed by atoms with Gasteiger partial charge in [0.25, 0.3) is 0 Å². The number of nitrogens with one attached hydrogen (secondary N) is 1. The number of methoxy groups -OCH3 is 1. The van der Waals surface area contributed by atoms with Crippen molar-refractivity contribution in [3.8, 4) is 11.5 Å². The van der Waals surface area contributed by atoms with Crippen LogP contribution < -0.4 is 14.8 Å². The molecule has 168 valence electrons. The van der Waals surface area contributed by atoms with Crippen LogP contribution in [0.1, 0.15) is 43.9 Å². The first kappa shape index (κ1) is 23.1. The monoisotopic (exact) mass is 426 g/mol. The molecule has 3 rings (SSSR count). The highest BCUT2D eigenvalue weighted by Gasteiger charge is 2.29. The molecule has 6 heteroatoms. The maximum absolute atomic E-state index is 12.8. The number of nitrogens with zero attached hydrogens (tertiary/aromatic N) is 1. The fraction of sp³-hybridized carbons (Fsp3) is 0.480. The Kier molecular flexibility index (Phi) is 8.74. The van der Waals surface area contributed by atoms with Crippen molar-refractivity contribution in [2.24, 2.45) is 0 Å². The number of hydrogen-bond acceptors (Lipinski definition) is 5. The molecule has 1 N–H and O–H groups in total. The van der Waals surface area contributed by atoms with Gasteiger partial charge in [0, 0.05) is 37.7 Å². The third-order valence-electron chi connectivity index (χ3n) is 5.34. The van der Waals surface area contributed by atoms with Gasteiger partial charge < -0.3 is 19.5 Å². The van der Waals surface area contributed by atoms with Crippen LogP contribution in [0.4, 0.5) is 0 Å². The summed E-state index contributed by atoms with van der Waals surface area (Å²) in [5, 5.41) is 3.04. The molecule has 2 aromatic rings. The Bertz CT molecular complexity index is 826. The number of rotatable bonds is 11. The molecule has 0 fully saturated rings. The molecule has 1 atom stereocenters. The van der Waals surface area contributed by atoms with Crippen molar-refractivity contribution in [2.75, 3.05) is 33.4 Å². The van der Waals surface area contributed by atoms with Gasteiger partial charge >= 0.3 is 0 Å². The predicted octanol–water partition coefficient (Wildman–Crippen LogP) is 3.95. The van der Waals surface area contributed by atoms with Gasteiger partial charge in [0.2, 0.25) is 5.91 Å². The van der Waals surface area contributed by atoms with E-state index in [2.05, 4.69) is 22.3 Å². The van der Waals surface area contributed by atoms with Gasteiger partial charge in [-0.3, -0.25) is 9.69 Å². The largest absolute Gasteiger partial charge is 0.497 e. The minimum Gasteiger partial charge on any atom is -0.497 e. The number of benzene rings is 2. The highest BCUT2D eigenvalue weighted by molar-refractivity contribution is 5.78. The fourth-order valence-corrected chi connectivity index (χ4v) is 3.81. The van der Waals surface area contributed by atoms with Crippen LogP contribution in [0.15, 0.2) is 48.5 Å². The van der Waals surface area contributed by atoms with Gasteiger partial charge in [-0.05, 0) is 44.0 Å². The lowest BCUT2D eigenvalue weighted by atomic mass is 9.97. The van der Waals surface area contributed by atoms with E-state index in [0.717, 1.165) is 29.9 Å². The number of fused-ring (bicyclic) bond motifs is 1. The Morgan fingerprint density at radius 3 is 2.77 bits per heavy atom. The molecule has 0 saturated carbocycles. The third kappa shape index (κ3) is 6.97. The van der Waals surface area contributed by atoms with Crippen LogP contribution in [-0.2, 0) is 16.1 Å². The van der Waals surface area contributed by atoms with Crippen molar-refractivity contribution in [2.45, 2.75) is 45.4 Å². The van der Waals surface area contributed by atoms with Crippen LogP contribution >= 0.6 is 0 Å². The summed E-state index contributed by atoms with van der Waals surface area (Å²) >= 11 is 0. The summed E-state index contributed by atoms with van der Waals surface area (Å²) in [6, 6.07) is 16.2. The van der Waals surface area contributed by atoms with Crippen LogP contribution in [-0.4, -0.2) is 50.3 Å². The zero-order valence-corrected chi connectivity index (χ0v) is 18.8. The molecular formula is C25H34N2O4. The second kappa shape index (κ2) is 11.7. The summed E-state index contributed by atoms with van der Waals surface area (Å²) in [5.74, 6) is 1.68. The first-order valence-electron chi connectivity index (χ1n) is 11.0. The van der Waals surface area contributed by atoms with Crippen LogP contribution in [0.5, 0.6) is 11.5 Å². The van der Waals surface area contributed by atoms with Crippen molar-refractivity contribution >= 4 is 5.91 Å². The summed E-state index contributed by atoms with van der Waals surface area (Å²) in [4.78, 5) is 15.0. The van der Waals surface area contributed by atoms with Crippen molar-refractivity contribution in [3.63, 3.8) is 0 Å². The average molecular weight is 427 g/mol. The number of amides is 1. The van der Waals surface area contributed by atoms with Gasteiger partial charge in [-0.25, -0.2) is 0 Å². The molecule has 0 saturated heterocycles. The van der Waals surface area contributed by atoms with E-state index in [1.54, 1.807) is 7.11 Å². The molecule has 31 heavy (non-hydrogen) atoms. The number of ether oxygens (including phenoxy) is 3. The summed E-state index contributed by atoms with van der Waals surface area (Å²) in [5.41, 5.74) is 2.25. The molecule has 0 unspecified atom stereocenters. The Morgan fingerprint density at radius 1 is 1.23 bits per heavy atom. The van der Waals surface area contributed by atoms with Gasteiger partial charge in [-0.15, -0.1) is 0 Å². The van der Waals surface area contributed by atoms with Crippen molar-refractivity contribution < 1.29 is 19.0 Å². The lowest BCUT2D eigenvalue weighted by molar-refractivity contribution is -0.123. The zero-order chi connectivity index (χ0) is 22.1. The molecule has 0 aromatic heterocycles. The van der Waals surface area contributed by atoms with Crippen LogP contribution in [0, 0.1) is 0 Å². The van der Waals surface area contributed by atoms with E-state index in [-0.39, 0.29) is 18.1 Å². The predicted molar refractivity (Wildman–Crippen MR) is 121 cm³/mol. The van der Waals surface area contributed by atoms with E-state index in [1.807, 2.05) is 50.2 Å². The van der Waals surface area contributed by atoms with Gasteiger partial charge in [-0.1, -0.05) is 30.3 Å². The highest BCUT2D eigenvalue weighted by Crippen LogP contribution is 2.38. The standard InChI is InChI=1S/C25H34N2O4/c1-19(2)30-14-7-13-26-25(28)18-27(17-20-8-5-4-6-9-20)23-12-15-31-24-11-10-21(29-3)16-22(23)24/h4-6,8-11,16,19,23H,7,12-15,17-18H2,1-3H3,(H,26,28)/t23-/m1/s1. The molecule has 1 heterocycles. The molecule has 0 spiro atoms. The highest BCUT2D eigenvalue weighted by atomic mass is 16.5. The molecule has 1 amide bonds. The quantitative estimate of drug-likeness (QED) is 0.551. The van der Waals surface area contributed by atoms with E-state index in [1.165, 1.54) is 5.56 Å². The van der Waals surface area contributed by atoms with Crippen molar-refractivity contribution in [1.82, 2.24) is 10.2 Å². The molecule has 0 aliphatic carbocycles. The van der Waals surface area contributed by atoms with Crippen molar-refractivity contribution in [3.05, 3.63) is 59.7 Å². The number of carbonyl (C=O) groups is 1. The van der Waals surface area contributed by atoms with Gasteiger partial charge in [0.15, 0.2) is 0 Å². The number of carbonyl (C=O) groups excluding carboxylic acids is 1. The second-order valence-corrected chi connectivity index (χ2v) is 8.07. The Labute approximate surface area is 185 Å². The fourth-order valence-electron chi connectivity index (χ4n) is 3.81. The van der Waals surface area contributed by atoms with E-state index in [0.29, 0.717) is 32.8 Å². The number of hydrogen-bond donors (Lipinski definition) is 1. The molecular weight excluding hydrogens is 392 g/mol. The van der Waals surface area contributed by atoms with E-state index in [4.69, 9.17) is 14.2 Å². The molecule has 1 aliphatic heterocycles. The van der Waals surface area contributed by atoms with Crippen LogP contribution in [0.2, 0.25) is 0 Å². The maximum Gasteiger partial charge on any atom is 0.234 e. The minimum atomic E-state index is 0.0245. The summed E-state index contributed by atoms with van der Waals surface area (Å²) in [6.45, 7) is 6.93. The molecule has 2 aromatic carbocycles. The average Bonchev–Trinajstić information content (AvgIpc) is 2.78. The van der Waals surface area contributed by atoms with Gasteiger partial charge in [0.1, 0.15) is 11.5 Å². The van der Waals surface area contributed by atoms with Crippen molar-refractivity contribution in [1.29, 1.82) is 0 Å². The first-order chi connectivity index (χ1) is 15.1. The smallest absolute Gasteiger partial charge is 0.234 e. The van der Waals surface area contributed by atoms with Gasteiger partial charge in [0.05, 0.1) is 26.4 Å². The summed E-state index contributed by atoms with van der Waals surface area (Å²) in [6.07, 6.45) is 1.84. The maximum atomic E-state index is 12.8. The Morgan fingerprint density at radius 2 is 2.03 bits per heavy atom. The first-order valence-corrected chi connectivity index (χ1v) is 11.0. The second-order valence-electron chi connectivity index (χ2n) is 8.07. The van der Waals surface area contributed by atoms with Gasteiger partial charge in [-0.2, -0.15) is 0 Å². The molecule has 0 bridgehead atoms. The topological polar surface area (TPSA) is 60.0 Å². The lowest BCUT2D eigenvalue weighted by Gasteiger charge is -2.35. The SMILES string of the molecule is COc1ccc2c(c1)[C@H](N(CC(=O)NCCCOC(C)C)Cc1ccccc1)CCO2. The van der Waals surface area contributed by atoms with E-state index >= 15 is 0 Å². The van der Waals surface area contributed by atoms with Crippen LogP contribution in [0.25, 0.3) is 0 Å². The Hall–Kier alpha value is -2.57. The van der Waals surface area contributed by atoms with E-state index in [9.17, 15) is 4.79 Å².